The minimum atomic E-state index is -3.80. The fraction of sp³-hybridized carbons (Fsp3) is 0.500. The van der Waals surface area contributed by atoms with Gasteiger partial charge in [-0.25, -0.2) is 13.1 Å². The van der Waals surface area contributed by atoms with Gasteiger partial charge in [-0.2, -0.15) is 0 Å². The Morgan fingerprint density at radius 2 is 1.95 bits per heavy atom. The van der Waals surface area contributed by atoms with Crippen molar-refractivity contribution in [2.45, 2.75) is 44.3 Å². The molecule has 1 heterocycles. The summed E-state index contributed by atoms with van der Waals surface area (Å²) in [6, 6.07) is 4.85. The second-order valence-corrected chi connectivity index (χ2v) is 7.45. The number of rotatable bonds is 3. The average Bonchev–Trinajstić information content (AvgIpc) is 2.82. The zero-order valence-corrected chi connectivity index (χ0v) is 12.1. The molecule has 1 aliphatic carbocycles. The van der Waals surface area contributed by atoms with Crippen LogP contribution in [0.4, 0.5) is 0 Å². The lowest BCUT2D eigenvalue weighted by Crippen LogP contribution is -2.45. The fourth-order valence-corrected chi connectivity index (χ4v) is 3.71. The van der Waals surface area contributed by atoms with Gasteiger partial charge < -0.3 is 4.74 Å². The van der Waals surface area contributed by atoms with E-state index < -0.39 is 21.3 Å². The molecule has 0 saturated heterocycles. The molecule has 0 unspecified atom stereocenters. The third kappa shape index (κ3) is 2.23. The van der Waals surface area contributed by atoms with Crippen molar-refractivity contribution in [3.05, 3.63) is 29.3 Å². The zero-order valence-electron chi connectivity index (χ0n) is 11.3. The summed E-state index contributed by atoms with van der Waals surface area (Å²) in [5.41, 5.74) is 1.34. The summed E-state index contributed by atoms with van der Waals surface area (Å²) in [6.07, 6.45) is 2.46. The van der Waals surface area contributed by atoms with Gasteiger partial charge in [-0.15, -0.1) is 0 Å². The van der Waals surface area contributed by atoms with Crippen LogP contribution in [0.5, 0.6) is 0 Å². The van der Waals surface area contributed by atoms with Crippen molar-refractivity contribution in [1.29, 1.82) is 0 Å². The molecule has 0 spiro atoms. The van der Waals surface area contributed by atoms with Gasteiger partial charge in [-0.3, -0.25) is 4.79 Å². The maximum Gasteiger partial charge on any atom is 0.264 e. The average molecular weight is 295 g/mol. The number of carbonyl (C=O) groups is 1. The van der Waals surface area contributed by atoms with Crippen molar-refractivity contribution in [2.24, 2.45) is 5.41 Å². The molecule has 108 valence electrons. The molecule has 1 N–H and O–H groups in total. The van der Waals surface area contributed by atoms with Crippen molar-refractivity contribution in [1.82, 2.24) is 4.72 Å². The normalized spacial score (nSPS) is 20.1. The lowest BCUT2D eigenvalue weighted by molar-refractivity contribution is -0.132. The van der Waals surface area contributed by atoms with Crippen LogP contribution in [-0.4, -0.2) is 14.3 Å². The van der Waals surface area contributed by atoms with Crippen LogP contribution in [-0.2, 0) is 32.8 Å². The van der Waals surface area contributed by atoms with Gasteiger partial charge in [0, 0.05) is 5.41 Å². The number of hydrogen-bond acceptors (Lipinski definition) is 4. The quantitative estimate of drug-likeness (QED) is 0.921. The Morgan fingerprint density at radius 3 is 2.60 bits per heavy atom. The summed E-state index contributed by atoms with van der Waals surface area (Å²) < 4.78 is 32.0. The van der Waals surface area contributed by atoms with Crippen LogP contribution >= 0.6 is 0 Å². The van der Waals surface area contributed by atoms with Crippen LogP contribution in [0.15, 0.2) is 23.1 Å². The van der Waals surface area contributed by atoms with E-state index in [-0.39, 0.29) is 4.90 Å². The van der Waals surface area contributed by atoms with Crippen LogP contribution < -0.4 is 4.72 Å². The molecule has 0 radical (unpaired) electrons. The summed E-state index contributed by atoms with van der Waals surface area (Å²) in [4.78, 5) is 12.2. The fourth-order valence-electron chi connectivity index (χ4n) is 2.55. The highest BCUT2D eigenvalue weighted by atomic mass is 32.2. The van der Waals surface area contributed by atoms with Crippen molar-refractivity contribution in [3.8, 4) is 0 Å². The Hall–Kier alpha value is -1.40. The van der Waals surface area contributed by atoms with Crippen LogP contribution in [0.1, 0.15) is 37.3 Å². The molecular formula is C14H17NO4S. The predicted octanol–water partition coefficient (Wildman–Crippen LogP) is 1.71. The summed E-state index contributed by atoms with van der Waals surface area (Å²) in [5, 5.41) is 0. The van der Waals surface area contributed by atoms with Crippen molar-refractivity contribution >= 4 is 15.9 Å². The number of nitrogens with one attached hydrogen (secondary N) is 1. The predicted molar refractivity (Wildman–Crippen MR) is 72.2 cm³/mol. The molecular weight excluding hydrogens is 278 g/mol. The Bertz CT molecular complexity index is 662. The minimum absolute atomic E-state index is 0.123. The molecule has 5 nitrogen and oxygen atoms in total. The Balaban J connectivity index is 1.83. The largest absolute Gasteiger partial charge is 0.372 e. The first-order valence-electron chi connectivity index (χ1n) is 6.68. The number of amides is 1. The van der Waals surface area contributed by atoms with E-state index in [9.17, 15) is 13.2 Å². The number of benzene rings is 1. The summed E-state index contributed by atoms with van der Waals surface area (Å²) in [5.74, 6) is -0.402. The topological polar surface area (TPSA) is 72.5 Å². The van der Waals surface area contributed by atoms with Gasteiger partial charge in [0.1, 0.15) is 0 Å². The van der Waals surface area contributed by atoms with Crippen LogP contribution in [0.3, 0.4) is 0 Å². The smallest absolute Gasteiger partial charge is 0.264 e. The van der Waals surface area contributed by atoms with E-state index in [2.05, 4.69) is 4.72 Å². The second kappa shape index (κ2) is 4.56. The van der Waals surface area contributed by atoms with Crippen LogP contribution in [0, 0.1) is 5.41 Å². The Kier molecular flexibility index (Phi) is 3.10. The number of carbonyl (C=O) groups excluding carboxylic acids is 1. The van der Waals surface area contributed by atoms with E-state index >= 15 is 0 Å². The SMILES string of the molecule is CC1(C(=O)NS(=O)(=O)c2ccc3c(c2)COC3)CCC1. The first kappa shape index (κ1) is 13.6. The standard InChI is InChI=1S/C14H17NO4S/c1-14(5-2-6-14)13(16)15-20(17,18)12-4-3-10-8-19-9-11(10)7-12/h3-4,7H,2,5-6,8-9H2,1H3,(H,15,16). The Morgan fingerprint density at radius 1 is 1.25 bits per heavy atom. The monoisotopic (exact) mass is 295 g/mol. The molecule has 1 amide bonds. The number of ether oxygens (including phenoxy) is 1. The molecule has 1 aromatic rings. The van der Waals surface area contributed by atoms with Crippen LogP contribution in [0.2, 0.25) is 0 Å². The Labute approximate surface area is 118 Å². The van der Waals surface area contributed by atoms with E-state index in [0.29, 0.717) is 13.2 Å². The molecule has 0 aromatic heterocycles. The molecule has 0 bridgehead atoms. The summed E-state index contributed by atoms with van der Waals surface area (Å²) in [7, 11) is -3.80. The highest BCUT2D eigenvalue weighted by Gasteiger charge is 2.41. The highest BCUT2D eigenvalue weighted by molar-refractivity contribution is 7.90. The van der Waals surface area contributed by atoms with Gasteiger partial charge in [0.15, 0.2) is 0 Å². The van der Waals surface area contributed by atoms with Gasteiger partial charge in [-0.05, 0) is 36.1 Å². The summed E-state index contributed by atoms with van der Waals surface area (Å²) >= 11 is 0. The zero-order chi connectivity index (χ0) is 14.4. The molecule has 2 aliphatic rings. The van der Waals surface area contributed by atoms with Gasteiger partial charge in [0.05, 0.1) is 18.1 Å². The molecule has 1 saturated carbocycles. The van der Waals surface area contributed by atoms with E-state index in [4.69, 9.17) is 4.74 Å². The second-order valence-electron chi connectivity index (χ2n) is 5.77. The number of hydrogen-bond donors (Lipinski definition) is 1. The highest BCUT2D eigenvalue weighted by Crippen LogP contribution is 2.40. The molecule has 6 heteroatoms. The van der Waals surface area contributed by atoms with E-state index in [0.717, 1.165) is 30.4 Å². The van der Waals surface area contributed by atoms with Gasteiger partial charge in [0.2, 0.25) is 5.91 Å². The van der Waals surface area contributed by atoms with Gasteiger partial charge >= 0.3 is 0 Å². The van der Waals surface area contributed by atoms with E-state index in [1.165, 1.54) is 6.07 Å². The van der Waals surface area contributed by atoms with Gasteiger partial charge in [-0.1, -0.05) is 19.4 Å². The van der Waals surface area contributed by atoms with Crippen molar-refractivity contribution in [3.63, 3.8) is 0 Å². The molecule has 1 aromatic carbocycles. The van der Waals surface area contributed by atoms with E-state index in [1.807, 2.05) is 0 Å². The van der Waals surface area contributed by atoms with E-state index in [1.54, 1.807) is 19.1 Å². The summed E-state index contributed by atoms with van der Waals surface area (Å²) in [6.45, 7) is 2.74. The van der Waals surface area contributed by atoms with Crippen LogP contribution in [0.25, 0.3) is 0 Å². The molecule has 3 rings (SSSR count). The maximum absolute atomic E-state index is 12.3. The maximum atomic E-state index is 12.3. The number of fused-ring (bicyclic) bond motifs is 1. The first-order valence-corrected chi connectivity index (χ1v) is 8.16. The first-order chi connectivity index (χ1) is 9.41. The van der Waals surface area contributed by atoms with Crippen molar-refractivity contribution < 1.29 is 17.9 Å². The van der Waals surface area contributed by atoms with Crippen molar-refractivity contribution in [2.75, 3.05) is 0 Å². The third-order valence-electron chi connectivity index (χ3n) is 4.24. The molecule has 1 aliphatic heterocycles. The molecule has 1 fully saturated rings. The number of sulfonamides is 1. The lowest BCUT2D eigenvalue weighted by Gasteiger charge is -2.36. The third-order valence-corrected chi connectivity index (χ3v) is 5.56. The lowest BCUT2D eigenvalue weighted by atomic mass is 9.70. The van der Waals surface area contributed by atoms with Gasteiger partial charge in [0.25, 0.3) is 10.0 Å². The molecule has 20 heavy (non-hydrogen) atoms. The molecule has 0 atom stereocenters. The minimum Gasteiger partial charge on any atom is -0.372 e.